The summed E-state index contributed by atoms with van der Waals surface area (Å²) < 4.78 is 31.7. The number of cyclic esters (lactones) is 1. The number of amides is 2. The first-order valence-electron chi connectivity index (χ1n) is 9.52. The molecule has 2 aliphatic rings. The number of halogens is 2. The molecule has 2 fully saturated rings. The first kappa shape index (κ1) is 19.2. The number of carbonyl (C=O) groups excluding carboxylic acids is 2. The van der Waals surface area contributed by atoms with E-state index in [1.54, 1.807) is 4.90 Å². The number of benzene rings is 1. The average Bonchev–Trinajstić information content (AvgIpc) is 3.14. The lowest BCUT2D eigenvalue weighted by Crippen LogP contribution is -2.40. The second-order valence-corrected chi connectivity index (χ2v) is 7.25. The monoisotopic (exact) mass is 402 g/mol. The van der Waals surface area contributed by atoms with E-state index >= 15 is 0 Å². The number of ether oxygens (including phenoxy) is 1. The van der Waals surface area contributed by atoms with Crippen LogP contribution < -0.4 is 5.32 Å². The second kappa shape index (κ2) is 8.10. The van der Waals surface area contributed by atoms with Crippen LogP contribution in [0, 0.1) is 17.6 Å². The standard InChI is InChI=1S/C20H20F2N4O3/c21-14-7-13(8-15(22)9-14)17-10-24-18(11-23-17)25-19(27)12-1-3-16(4-2-12)26-5-6-29-20(26)28/h7-12,16H,1-6H2,(H,24,25,27)/t12-,16+. The summed E-state index contributed by atoms with van der Waals surface area (Å²) in [6, 6.07) is 3.24. The van der Waals surface area contributed by atoms with Gasteiger partial charge in [0.1, 0.15) is 18.2 Å². The Morgan fingerprint density at radius 2 is 1.79 bits per heavy atom. The molecule has 1 aromatic heterocycles. The van der Waals surface area contributed by atoms with Crippen molar-refractivity contribution >= 4 is 17.8 Å². The minimum absolute atomic E-state index is 0.125. The Morgan fingerprint density at radius 1 is 1.07 bits per heavy atom. The lowest BCUT2D eigenvalue weighted by Gasteiger charge is -2.32. The molecule has 1 aliphatic carbocycles. The molecule has 0 unspecified atom stereocenters. The molecular weight excluding hydrogens is 382 g/mol. The number of carbonyl (C=O) groups is 2. The Balaban J connectivity index is 1.33. The highest BCUT2D eigenvalue weighted by Gasteiger charge is 2.34. The van der Waals surface area contributed by atoms with Gasteiger partial charge in [-0.25, -0.2) is 18.6 Å². The molecule has 1 aliphatic heterocycles. The van der Waals surface area contributed by atoms with Gasteiger partial charge in [0.2, 0.25) is 5.91 Å². The van der Waals surface area contributed by atoms with E-state index < -0.39 is 11.6 Å². The molecule has 0 atom stereocenters. The molecule has 29 heavy (non-hydrogen) atoms. The average molecular weight is 402 g/mol. The third-order valence-electron chi connectivity index (χ3n) is 5.36. The fourth-order valence-electron chi connectivity index (χ4n) is 3.86. The van der Waals surface area contributed by atoms with Crippen molar-refractivity contribution in [3.8, 4) is 11.3 Å². The molecule has 0 spiro atoms. The van der Waals surface area contributed by atoms with E-state index in [2.05, 4.69) is 15.3 Å². The maximum absolute atomic E-state index is 13.3. The highest BCUT2D eigenvalue weighted by atomic mass is 19.1. The molecule has 0 bridgehead atoms. The van der Waals surface area contributed by atoms with E-state index in [0.29, 0.717) is 31.7 Å². The maximum atomic E-state index is 13.3. The van der Waals surface area contributed by atoms with E-state index in [1.807, 2.05) is 0 Å². The van der Waals surface area contributed by atoms with Gasteiger partial charge in [0.25, 0.3) is 0 Å². The molecule has 0 radical (unpaired) electrons. The van der Waals surface area contributed by atoms with Crippen LogP contribution in [0.4, 0.5) is 19.4 Å². The zero-order valence-electron chi connectivity index (χ0n) is 15.6. The molecule has 2 amide bonds. The van der Waals surface area contributed by atoms with Crippen molar-refractivity contribution in [3.63, 3.8) is 0 Å². The molecule has 9 heteroatoms. The van der Waals surface area contributed by atoms with Gasteiger partial charge in [-0.2, -0.15) is 0 Å². The first-order valence-corrected chi connectivity index (χ1v) is 9.52. The van der Waals surface area contributed by atoms with Crippen LogP contribution in [0.2, 0.25) is 0 Å². The summed E-state index contributed by atoms with van der Waals surface area (Å²) in [4.78, 5) is 34.2. The number of anilines is 1. The lowest BCUT2D eigenvalue weighted by atomic mass is 9.85. The van der Waals surface area contributed by atoms with E-state index in [4.69, 9.17) is 4.74 Å². The van der Waals surface area contributed by atoms with E-state index in [9.17, 15) is 18.4 Å². The van der Waals surface area contributed by atoms with Crippen LogP contribution in [0.15, 0.2) is 30.6 Å². The van der Waals surface area contributed by atoms with Crippen LogP contribution in [0.3, 0.4) is 0 Å². The predicted octanol–water partition coefficient (Wildman–Crippen LogP) is 3.37. The summed E-state index contributed by atoms with van der Waals surface area (Å²) in [5.74, 6) is -1.43. The third kappa shape index (κ3) is 4.33. The Hall–Kier alpha value is -3.10. The van der Waals surface area contributed by atoms with Crippen LogP contribution >= 0.6 is 0 Å². The summed E-state index contributed by atoms with van der Waals surface area (Å²) in [6.45, 7) is 1.04. The van der Waals surface area contributed by atoms with E-state index in [-0.39, 0.29) is 35.3 Å². The highest BCUT2D eigenvalue weighted by Crippen LogP contribution is 2.30. The fourth-order valence-corrected chi connectivity index (χ4v) is 3.86. The summed E-state index contributed by atoms with van der Waals surface area (Å²) in [5, 5.41) is 2.74. The zero-order chi connectivity index (χ0) is 20.4. The van der Waals surface area contributed by atoms with Crippen molar-refractivity contribution < 1.29 is 23.1 Å². The molecule has 152 valence electrons. The smallest absolute Gasteiger partial charge is 0.410 e. The van der Waals surface area contributed by atoms with Crippen LogP contribution in [-0.4, -0.2) is 46.1 Å². The van der Waals surface area contributed by atoms with Crippen molar-refractivity contribution in [1.29, 1.82) is 0 Å². The molecular formula is C20H20F2N4O3. The number of aromatic nitrogens is 2. The quantitative estimate of drug-likeness (QED) is 0.848. The van der Waals surface area contributed by atoms with Crippen LogP contribution in [0.5, 0.6) is 0 Å². The minimum atomic E-state index is -0.697. The van der Waals surface area contributed by atoms with Crippen molar-refractivity contribution in [2.75, 3.05) is 18.5 Å². The molecule has 1 saturated carbocycles. The van der Waals surface area contributed by atoms with Crippen LogP contribution in [0.1, 0.15) is 25.7 Å². The molecule has 2 aromatic rings. The van der Waals surface area contributed by atoms with Gasteiger partial charge in [0.05, 0.1) is 24.6 Å². The lowest BCUT2D eigenvalue weighted by molar-refractivity contribution is -0.121. The maximum Gasteiger partial charge on any atom is 0.410 e. The van der Waals surface area contributed by atoms with Gasteiger partial charge in [0.15, 0.2) is 5.82 Å². The van der Waals surface area contributed by atoms with E-state index in [0.717, 1.165) is 18.9 Å². The largest absolute Gasteiger partial charge is 0.448 e. The van der Waals surface area contributed by atoms with Crippen molar-refractivity contribution in [3.05, 3.63) is 42.2 Å². The van der Waals surface area contributed by atoms with Gasteiger partial charge >= 0.3 is 6.09 Å². The van der Waals surface area contributed by atoms with E-state index in [1.165, 1.54) is 24.5 Å². The van der Waals surface area contributed by atoms with Gasteiger partial charge in [-0.15, -0.1) is 0 Å². The minimum Gasteiger partial charge on any atom is -0.448 e. The molecule has 1 saturated heterocycles. The Kier molecular flexibility index (Phi) is 5.37. The summed E-state index contributed by atoms with van der Waals surface area (Å²) >= 11 is 0. The predicted molar refractivity (Wildman–Crippen MR) is 99.8 cm³/mol. The third-order valence-corrected chi connectivity index (χ3v) is 5.36. The summed E-state index contributed by atoms with van der Waals surface area (Å²) in [7, 11) is 0. The van der Waals surface area contributed by atoms with Crippen molar-refractivity contribution in [2.45, 2.75) is 31.7 Å². The van der Waals surface area contributed by atoms with Crippen molar-refractivity contribution in [2.24, 2.45) is 5.92 Å². The topological polar surface area (TPSA) is 84.4 Å². The van der Waals surface area contributed by atoms with Gasteiger partial charge in [-0.05, 0) is 37.8 Å². The molecule has 1 N–H and O–H groups in total. The van der Waals surface area contributed by atoms with Crippen molar-refractivity contribution in [1.82, 2.24) is 14.9 Å². The van der Waals surface area contributed by atoms with Gasteiger partial charge in [-0.3, -0.25) is 9.78 Å². The Morgan fingerprint density at radius 3 is 2.38 bits per heavy atom. The van der Waals surface area contributed by atoms with Gasteiger partial charge < -0.3 is 15.0 Å². The van der Waals surface area contributed by atoms with Gasteiger partial charge in [0, 0.05) is 23.6 Å². The number of hydrogen-bond donors (Lipinski definition) is 1. The number of rotatable bonds is 4. The highest BCUT2D eigenvalue weighted by molar-refractivity contribution is 5.91. The molecule has 4 rings (SSSR count). The van der Waals surface area contributed by atoms with Crippen LogP contribution in [-0.2, 0) is 9.53 Å². The molecule has 1 aromatic carbocycles. The fraction of sp³-hybridized carbons (Fsp3) is 0.400. The Bertz CT molecular complexity index is 894. The second-order valence-electron chi connectivity index (χ2n) is 7.25. The zero-order valence-corrected chi connectivity index (χ0v) is 15.6. The molecule has 2 heterocycles. The number of nitrogens with zero attached hydrogens (tertiary/aromatic N) is 3. The SMILES string of the molecule is O=C1OCCN1[C@H]1CC[C@@H](C(=O)Nc2cnc(-c3cc(F)cc(F)c3)cn2)CC1. The summed E-state index contributed by atoms with van der Waals surface area (Å²) in [6.07, 6.45) is 5.31. The van der Waals surface area contributed by atoms with Crippen LogP contribution in [0.25, 0.3) is 11.3 Å². The number of hydrogen-bond acceptors (Lipinski definition) is 5. The van der Waals surface area contributed by atoms with Gasteiger partial charge in [-0.1, -0.05) is 0 Å². The Labute approximate surface area is 166 Å². The molecule has 7 nitrogen and oxygen atoms in total. The normalized spacial score (nSPS) is 21.7. The number of nitrogens with one attached hydrogen (secondary N) is 1. The summed E-state index contributed by atoms with van der Waals surface area (Å²) in [5.41, 5.74) is 0.575. The first-order chi connectivity index (χ1) is 14.0.